The zero-order chi connectivity index (χ0) is 14.6. The number of ether oxygens (including phenoxy) is 1. The van der Waals surface area contributed by atoms with Crippen molar-refractivity contribution in [2.45, 2.75) is 32.8 Å². The average molecular weight is 276 g/mol. The summed E-state index contributed by atoms with van der Waals surface area (Å²) in [7, 11) is 0. The molecule has 0 aliphatic carbocycles. The van der Waals surface area contributed by atoms with Gasteiger partial charge in [-0.2, -0.15) is 0 Å². The fourth-order valence-electron chi connectivity index (χ4n) is 2.28. The van der Waals surface area contributed by atoms with E-state index in [1.54, 1.807) is 0 Å². The van der Waals surface area contributed by atoms with Gasteiger partial charge in [0, 0.05) is 19.6 Å². The van der Waals surface area contributed by atoms with Crippen LogP contribution in [0.25, 0.3) is 0 Å². The molecule has 1 fully saturated rings. The van der Waals surface area contributed by atoms with Gasteiger partial charge in [0.25, 0.3) is 5.91 Å². The first-order chi connectivity index (χ1) is 9.47. The third-order valence-corrected chi connectivity index (χ3v) is 3.16. The predicted octanol–water partition coefficient (Wildman–Crippen LogP) is 2.30. The van der Waals surface area contributed by atoms with Crippen LogP contribution < -0.4 is 10.1 Å². The molecule has 1 aromatic rings. The SMILES string of the molecule is CC(C)(C)Oc1ccccc1C(=O)N1CCCNCC1. The summed E-state index contributed by atoms with van der Waals surface area (Å²) in [6.07, 6.45) is 0.994. The van der Waals surface area contributed by atoms with Gasteiger partial charge in [-0.05, 0) is 45.9 Å². The minimum atomic E-state index is -0.309. The summed E-state index contributed by atoms with van der Waals surface area (Å²) < 4.78 is 5.91. The van der Waals surface area contributed by atoms with Crippen molar-refractivity contribution in [3.8, 4) is 5.75 Å². The molecule has 0 spiro atoms. The summed E-state index contributed by atoms with van der Waals surface area (Å²) in [5.41, 5.74) is 0.348. The number of hydrogen-bond donors (Lipinski definition) is 1. The fourth-order valence-corrected chi connectivity index (χ4v) is 2.28. The van der Waals surface area contributed by atoms with Crippen molar-refractivity contribution in [3.05, 3.63) is 29.8 Å². The normalized spacial score (nSPS) is 16.6. The van der Waals surface area contributed by atoms with Crippen LogP contribution in [-0.2, 0) is 0 Å². The number of carbonyl (C=O) groups is 1. The summed E-state index contributed by atoms with van der Waals surface area (Å²) in [4.78, 5) is 14.6. The maximum atomic E-state index is 12.7. The Balaban J connectivity index is 2.20. The number of benzene rings is 1. The molecule has 0 radical (unpaired) electrons. The van der Waals surface area contributed by atoms with E-state index in [4.69, 9.17) is 4.74 Å². The van der Waals surface area contributed by atoms with Gasteiger partial charge in [0.05, 0.1) is 5.56 Å². The molecule has 1 saturated heterocycles. The molecule has 0 saturated carbocycles. The maximum Gasteiger partial charge on any atom is 0.257 e. The Kier molecular flexibility index (Phi) is 4.65. The molecular formula is C16H24N2O2. The third-order valence-electron chi connectivity index (χ3n) is 3.16. The molecule has 4 nitrogen and oxygen atoms in total. The van der Waals surface area contributed by atoms with Gasteiger partial charge in [-0.1, -0.05) is 12.1 Å². The minimum Gasteiger partial charge on any atom is -0.487 e. The second-order valence-electron chi connectivity index (χ2n) is 6.11. The molecule has 20 heavy (non-hydrogen) atoms. The Morgan fingerprint density at radius 2 is 1.95 bits per heavy atom. The molecule has 1 heterocycles. The van der Waals surface area contributed by atoms with Gasteiger partial charge in [-0.3, -0.25) is 4.79 Å². The molecule has 1 aliphatic rings. The highest BCUT2D eigenvalue weighted by Crippen LogP contribution is 2.24. The lowest BCUT2D eigenvalue weighted by atomic mass is 10.1. The van der Waals surface area contributed by atoms with E-state index in [2.05, 4.69) is 5.32 Å². The highest BCUT2D eigenvalue weighted by atomic mass is 16.5. The predicted molar refractivity (Wildman–Crippen MR) is 80.2 cm³/mol. The Morgan fingerprint density at radius 3 is 2.70 bits per heavy atom. The molecule has 2 rings (SSSR count). The Hall–Kier alpha value is -1.55. The van der Waals surface area contributed by atoms with Crippen molar-refractivity contribution in [1.82, 2.24) is 10.2 Å². The molecular weight excluding hydrogens is 252 g/mol. The monoisotopic (exact) mass is 276 g/mol. The first-order valence-corrected chi connectivity index (χ1v) is 7.25. The molecule has 0 atom stereocenters. The Labute approximate surface area is 121 Å². The number of amides is 1. The third kappa shape index (κ3) is 3.97. The second-order valence-corrected chi connectivity index (χ2v) is 6.11. The average Bonchev–Trinajstić information content (AvgIpc) is 2.65. The lowest BCUT2D eigenvalue weighted by molar-refractivity contribution is 0.0750. The summed E-state index contributed by atoms with van der Waals surface area (Å²) >= 11 is 0. The van der Waals surface area contributed by atoms with Crippen molar-refractivity contribution < 1.29 is 9.53 Å². The number of carbonyl (C=O) groups excluding carboxylic acids is 1. The van der Waals surface area contributed by atoms with Crippen LogP contribution in [0.15, 0.2) is 24.3 Å². The summed E-state index contributed by atoms with van der Waals surface area (Å²) in [5.74, 6) is 0.732. The molecule has 110 valence electrons. The molecule has 4 heteroatoms. The molecule has 0 bridgehead atoms. The van der Waals surface area contributed by atoms with Crippen molar-refractivity contribution >= 4 is 5.91 Å². The highest BCUT2D eigenvalue weighted by Gasteiger charge is 2.22. The standard InChI is InChI=1S/C16H24N2O2/c1-16(2,3)20-14-8-5-4-7-13(14)15(19)18-11-6-9-17-10-12-18/h4-5,7-8,17H,6,9-12H2,1-3H3. The van der Waals surface area contributed by atoms with Gasteiger partial charge >= 0.3 is 0 Å². The van der Waals surface area contributed by atoms with E-state index in [9.17, 15) is 4.79 Å². The van der Waals surface area contributed by atoms with Crippen LogP contribution in [0.3, 0.4) is 0 Å². The summed E-state index contributed by atoms with van der Waals surface area (Å²) in [6, 6.07) is 7.51. The van der Waals surface area contributed by atoms with Crippen molar-refractivity contribution in [3.63, 3.8) is 0 Å². The quantitative estimate of drug-likeness (QED) is 0.901. The fraction of sp³-hybridized carbons (Fsp3) is 0.562. The number of hydrogen-bond acceptors (Lipinski definition) is 3. The van der Waals surface area contributed by atoms with Gasteiger partial charge in [0.15, 0.2) is 0 Å². The van der Waals surface area contributed by atoms with E-state index in [1.165, 1.54) is 0 Å². The minimum absolute atomic E-state index is 0.0635. The Bertz CT molecular complexity index is 458. The molecule has 1 aromatic carbocycles. The van der Waals surface area contributed by atoms with Gasteiger partial charge in [0.1, 0.15) is 11.4 Å². The van der Waals surface area contributed by atoms with Crippen LogP contribution in [-0.4, -0.2) is 42.6 Å². The molecule has 0 aromatic heterocycles. The summed E-state index contributed by atoms with van der Waals surface area (Å²) in [5, 5.41) is 3.31. The largest absolute Gasteiger partial charge is 0.487 e. The lowest BCUT2D eigenvalue weighted by Gasteiger charge is -2.25. The molecule has 1 N–H and O–H groups in total. The smallest absolute Gasteiger partial charge is 0.257 e. The number of nitrogens with zero attached hydrogens (tertiary/aromatic N) is 1. The zero-order valence-corrected chi connectivity index (χ0v) is 12.6. The van der Waals surface area contributed by atoms with E-state index < -0.39 is 0 Å². The van der Waals surface area contributed by atoms with Crippen LogP contribution in [0.5, 0.6) is 5.75 Å². The van der Waals surface area contributed by atoms with Crippen LogP contribution >= 0.6 is 0 Å². The van der Waals surface area contributed by atoms with E-state index in [1.807, 2.05) is 49.9 Å². The van der Waals surface area contributed by atoms with Crippen molar-refractivity contribution in [2.75, 3.05) is 26.2 Å². The van der Waals surface area contributed by atoms with Crippen LogP contribution in [0.2, 0.25) is 0 Å². The van der Waals surface area contributed by atoms with E-state index in [-0.39, 0.29) is 11.5 Å². The van der Waals surface area contributed by atoms with E-state index in [0.29, 0.717) is 11.3 Å². The number of rotatable bonds is 2. The summed E-state index contributed by atoms with van der Waals surface area (Å²) in [6.45, 7) is 9.36. The van der Waals surface area contributed by atoms with E-state index >= 15 is 0 Å². The molecule has 0 unspecified atom stereocenters. The van der Waals surface area contributed by atoms with Gasteiger partial charge < -0.3 is 15.0 Å². The first kappa shape index (κ1) is 14.9. The first-order valence-electron chi connectivity index (χ1n) is 7.25. The van der Waals surface area contributed by atoms with Gasteiger partial charge in [-0.25, -0.2) is 0 Å². The van der Waals surface area contributed by atoms with Crippen molar-refractivity contribution in [2.24, 2.45) is 0 Å². The molecule has 1 amide bonds. The zero-order valence-electron chi connectivity index (χ0n) is 12.6. The maximum absolute atomic E-state index is 12.7. The van der Waals surface area contributed by atoms with Gasteiger partial charge in [0.2, 0.25) is 0 Å². The topological polar surface area (TPSA) is 41.6 Å². The van der Waals surface area contributed by atoms with Crippen molar-refractivity contribution in [1.29, 1.82) is 0 Å². The number of para-hydroxylation sites is 1. The van der Waals surface area contributed by atoms with Crippen LogP contribution in [0, 0.1) is 0 Å². The van der Waals surface area contributed by atoms with Crippen LogP contribution in [0.1, 0.15) is 37.6 Å². The van der Waals surface area contributed by atoms with Crippen LogP contribution in [0.4, 0.5) is 0 Å². The van der Waals surface area contributed by atoms with E-state index in [0.717, 1.165) is 32.6 Å². The lowest BCUT2D eigenvalue weighted by Crippen LogP contribution is -2.35. The Morgan fingerprint density at radius 1 is 1.20 bits per heavy atom. The number of nitrogens with one attached hydrogen (secondary N) is 1. The second kappa shape index (κ2) is 6.27. The molecule has 1 aliphatic heterocycles. The van der Waals surface area contributed by atoms with Gasteiger partial charge in [-0.15, -0.1) is 0 Å². The highest BCUT2D eigenvalue weighted by molar-refractivity contribution is 5.97.